The van der Waals surface area contributed by atoms with Crippen LogP contribution in [0, 0.1) is 0 Å². The predicted molar refractivity (Wildman–Crippen MR) is 82.1 cm³/mol. The molecule has 114 valence electrons. The van der Waals surface area contributed by atoms with E-state index in [4.69, 9.17) is 0 Å². The molecule has 0 aliphatic heterocycles. The van der Waals surface area contributed by atoms with Crippen molar-refractivity contribution in [2.24, 2.45) is 0 Å². The Labute approximate surface area is 159 Å². The van der Waals surface area contributed by atoms with Crippen LogP contribution in [0.1, 0.15) is 20.8 Å². The van der Waals surface area contributed by atoms with E-state index in [1.165, 1.54) is 6.07 Å². The third kappa shape index (κ3) is 3.73. The summed E-state index contributed by atoms with van der Waals surface area (Å²) < 4.78 is 0. The zero-order chi connectivity index (χ0) is 16.4. The van der Waals surface area contributed by atoms with Gasteiger partial charge in [0, 0.05) is 22.7 Å². The molecule has 0 spiro atoms. The van der Waals surface area contributed by atoms with Crippen LogP contribution in [0.25, 0.3) is 10.9 Å². The zero-order valence-corrected chi connectivity index (χ0v) is 14.8. The average Bonchev–Trinajstić information content (AvgIpc) is 2.54. The maximum Gasteiger partial charge on any atom is 1.00 e. The van der Waals surface area contributed by atoms with E-state index in [-0.39, 0.29) is 46.5 Å². The second kappa shape index (κ2) is 7.44. The molecule has 2 N–H and O–H groups in total. The number of benzene rings is 2. The Balaban J connectivity index is 0.00000208. The molecule has 0 aliphatic rings. The Hall–Kier alpha value is -2.41. The third-order valence-corrected chi connectivity index (χ3v) is 3.31. The summed E-state index contributed by atoms with van der Waals surface area (Å²) >= 11 is 0. The number of nitrogens with one attached hydrogen (secondary N) is 1. The summed E-state index contributed by atoms with van der Waals surface area (Å²) in [4.78, 5) is 27.2. The molecule has 3 rings (SSSR count). The van der Waals surface area contributed by atoms with Crippen molar-refractivity contribution in [3.8, 4) is 5.75 Å². The molecule has 1 heterocycles. The molecule has 0 aliphatic carbocycles. The number of nitrogens with zero attached hydrogens (tertiary/aromatic N) is 1. The first-order valence-electron chi connectivity index (χ1n) is 6.76. The van der Waals surface area contributed by atoms with Gasteiger partial charge in [0.1, 0.15) is 11.4 Å². The number of carbonyl (C=O) groups is 2. The van der Waals surface area contributed by atoms with Crippen LogP contribution >= 0.6 is 0 Å². The fourth-order valence-corrected chi connectivity index (χ4v) is 2.17. The van der Waals surface area contributed by atoms with E-state index < -0.39 is 17.6 Å². The van der Waals surface area contributed by atoms with Gasteiger partial charge in [0.15, 0.2) is 0 Å². The first kappa shape index (κ1) is 17.9. The first-order chi connectivity index (χ1) is 11.0. The molecule has 0 unspecified atom stereocenters. The molecule has 6 nitrogen and oxygen atoms in total. The minimum absolute atomic E-state index is 0. The fraction of sp³-hybridized carbons (Fsp3) is 0. The number of aromatic carboxylic acids is 1. The number of carboxylic acids is 1. The third-order valence-electron chi connectivity index (χ3n) is 3.31. The number of amides is 1. The number of carboxylic acid groups (broad SMARTS) is 1. The van der Waals surface area contributed by atoms with Crippen LogP contribution in [0.15, 0.2) is 54.6 Å². The summed E-state index contributed by atoms with van der Waals surface area (Å²) in [5.74, 6) is -2.43. The molecule has 0 saturated carbocycles. The van der Waals surface area contributed by atoms with Gasteiger partial charge in [-0.25, -0.2) is 4.98 Å². The summed E-state index contributed by atoms with van der Waals surface area (Å²) in [6, 6.07) is 14.4. The second-order valence-corrected chi connectivity index (χ2v) is 4.86. The van der Waals surface area contributed by atoms with Crippen LogP contribution in [0.5, 0.6) is 5.75 Å². The van der Waals surface area contributed by atoms with E-state index in [0.717, 1.165) is 17.5 Å². The maximum absolute atomic E-state index is 12.2. The predicted octanol–water partition coefficient (Wildman–Crippen LogP) is -1.44. The molecule has 3 aromatic rings. The number of hydrogen-bond acceptors (Lipinski definition) is 5. The average molecular weight is 330 g/mol. The number of pyridine rings is 1. The summed E-state index contributed by atoms with van der Waals surface area (Å²) in [6.07, 6.45) is 0. The summed E-state index contributed by atoms with van der Waals surface area (Å²) in [7, 11) is 0. The van der Waals surface area contributed by atoms with Crippen LogP contribution in [-0.4, -0.2) is 22.0 Å². The van der Waals surface area contributed by atoms with Crippen molar-refractivity contribution < 1.29 is 49.4 Å². The largest absolute Gasteiger partial charge is 1.00 e. The summed E-state index contributed by atoms with van der Waals surface area (Å²) in [6.45, 7) is 0. The second-order valence-electron chi connectivity index (χ2n) is 4.86. The molecular weight excluding hydrogens is 319 g/mol. The molecule has 0 radical (unpaired) electrons. The van der Waals surface area contributed by atoms with Crippen molar-refractivity contribution in [1.29, 1.82) is 0 Å². The molecule has 1 amide bonds. The van der Waals surface area contributed by atoms with Gasteiger partial charge in [0.2, 0.25) is 0 Å². The molecule has 0 fully saturated rings. The van der Waals surface area contributed by atoms with Crippen molar-refractivity contribution in [2.45, 2.75) is 0 Å². The van der Waals surface area contributed by atoms with Gasteiger partial charge in [-0.1, -0.05) is 24.3 Å². The number of rotatable bonds is 3. The Morgan fingerprint density at radius 2 is 1.79 bits per heavy atom. The van der Waals surface area contributed by atoms with Gasteiger partial charge in [-0.05, 0) is 24.3 Å². The Bertz CT molecular complexity index is 927. The summed E-state index contributed by atoms with van der Waals surface area (Å²) in [5.41, 5.74) is 0.821. The molecule has 0 bridgehead atoms. The minimum Gasteiger partial charge on any atom is -0.545 e. The molecule has 2 aromatic carbocycles. The SMILES string of the molecule is O=C(Nc1ccc(C(=O)[O-])c(O)c1)c1ccc2ccccc2n1.[Na+]. The van der Waals surface area contributed by atoms with Gasteiger partial charge >= 0.3 is 29.6 Å². The van der Waals surface area contributed by atoms with Crippen molar-refractivity contribution in [2.75, 3.05) is 5.32 Å². The summed E-state index contributed by atoms with van der Waals surface area (Å²) in [5, 5.41) is 23.8. The number of carbonyl (C=O) groups excluding carboxylic acids is 2. The van der Waals surface area contributed by atoms with E-state index in [1.807, 2.05) is 18.2 Å². The number of fused-ring (bicyclic) bond motifs is 1. The molecule has 7 heteroatoms. The van der Waals surface area contributed by atoms with Crippen molar-refractivity contribution in [1.82, 2.24) is 4.98 Å². The Morgan fingerprint density at radius 1 is 1.04 bits per heavy atom. The molecular formula is C17H11N2NaO4. The number of aromatic hydroxyl groups is 1. The maximum atomic E-state index is 12.2. The van der Waals surface area contributed by atoms with Crippen LogP contribution < -0.4 is 40.0 Å². The van der Waals surface area contributed by atoms with Gasteiger partial charge in [-0.3, -0.25) is 4.79 Å². The Kier molecular flexibility index (Phi) is 5.56. The minimum atomic E-state index is -1.49. The van der Waals surface area contributed by atoms with Gasteiger partial charge in [0.05, 0.1) is 11.5 Å². The van der Waals surface area contributed by atoms with E-state index in [9.17, 15) is 19.8 Å². The number of aromatic nitrogens is 1. The quantitative estimate of drug-likeness (QED) is 0.573. The standard InChI is InChI=1S/C17H12N2O4.Na/c20-15-9-11(6-7-12(15)17(22)23)18-16(21)14-8-5-10-3-1-2-4-13(10)19-14;/h1-9,20H,(H,18,21)(H,22,23);/q;+1/p-1. The van der Waals surface area contributed by atoms with Crippen LogP contribution in [-0.2, 0) is 0 Å². The Morgan fingerprint density at radius 3 is 2.50 bits per heavy atom. The molecule has 1 aromatic heterocycles. The zero-order valence-electron chi connectivity index (χ0n) is 12.8. The first-order valence-corrected chi connectivity index (χ1v) is 6.76. The van der Waals surface area contributed by atoms with E-state index >= 15 is 0 Å². The monoisotopic (exact) mass is 330 g/mol. The van der Waals surface area contributed by atoms with E-state index in [1.54, 1.807) is 18.2 Å². The van der Waals surface area contributed by atoms with Crippen LogP contribution in [0.3, 0.4) is 0 Å². The van der Waals surface area contributed by atoms with Crippen molar-refractivity contribution in [3.63, 3.8) is 0 Å². The molecule has 0 saturated heterocycles. The van der Waals surface area contributed by atoms with E-state index in [0.29, 0.717) is 5.52 Å². The van der Waals surface area contributed by atoms with Crippen molar-refractivity contribution >= 4 is 28.5 Å². The normalized spacial score (nSPS) is 10.0. The fourth-order valence-electron chi connectivity index (χ4n) is 2.17. The van der Waals surface area contributed by atoms with Crippen LogP contribution in [0.2, 0.25) is 0 Å². The molecule has 24 heavy (non-hydrogen) atoms. The van der Waals surface area contributed by atoms with Gasteiger partial charge in [-0.2, -0.15) is 0 Å². The molecule has 0 atom stereocenters. The van der Waals surface area contributed by atoms with Crippen molar-refractivity contribution in [3.05, 3.63) is 65.9 Å². The smallest absolute Gasteiger partial charge is 0.545 e. The topological polar surface area (TPSA) is 102 Å². The number of para-hydroxylation sites is 1. The van der Waals surface area contributed by atoms with Crippen LogP contribution in [0.4, 0.5) is 5.69 Å². The van der Waals surface area contributed by atoms with Gasteiger partial charge < -0.3 is 20.3 Å². The van der Waals surface area contributed by atoms with Gasteiger partial charge in [-0.15, -0.1) is 0 Å². The van der Waals surface area contributed by atoms with E-state index in [2.05, 4.69) is 10.3 Å². The number of phenols is 1. The van der Waals surface area contributed by atoms with Gasteiger partial charge in [0.25, 0.3) is 5.91 Å². The number of hydrogen-bond donors (Lipinski definition) is 2. The number of anilines is 1.